The minimum Gasteiger partial charge on any atom is -0.490 e. The smallest absolute Gasteiger partial charge is 0.343 e. The number of unbranched alkanes of at least 4 members (excludes halogenated alkanes) is 54. The average molecular weight is 1740 g/mol. The molecule has 0 saturated heterocycles. The Morgan fingerprint density at radius 1 is 0.246 bits per heavy atom. The molecule has 6 rings (SSSR count). The molecule has 0 aromatic heterocycles. The molecule has 0 unspecified atom stereocenters. The van der Waals surface area contributed by atoms with Gasteiger partial charge in [0.2, 0.25) is 11.5 Å². The third-order valence-corrected chi connectivity index (χ3v) is 24.4. The van der Waals surface area contributed by atoms with Crippen LogP contribution in [0.25, 0.3) is 0 Å². The fourth-order valence-electron chi connectivity index (χ4n) is 16.3. The summed E-state index contributed by atoms with van der Waals surface area (Å²) in [6.45, 7) is 16.9. The molecule has 702 valence electrons. The van der Waals surface area contributed by atoms with Crippen molar-refractivity contribution in [2.45, 2.75) is 427 Å². The van der Waals surface area contributed by atoms with Crippen LogP contribution in [-0.4, -0.2) is 71.1 Å². The molecule has 0 heterocycles. The van der Waals surface area contributed by atoms with Gasteiger partial charge in [-0.25, -0.2) is 9.59 Å². The highest BCUT2D eigenvalue weighted by molar-refractivity contribution is 5.94. The molecule has 0 bridgehead atoms. The van der Waals surface area contributed by atoms with Crippen molar-refractivity contribution in [3.8, 4) is 46.0 Å². The fourth-order valence-corrected chi connectivity index (χ4v) is 16.3. The van der Waals surface area contributed by atoms with Crippen LogP contribution in [0.2, 0.25) is 0 Å². The van der Waals surface area contributed by atoms with E-state index in [1.165, 1.54) is 308 Å². The van der Waals surface area contributed by atoms with Crippen LogP contribution < -0.4 is 42.8 Å². The Kier molecular flexibility index (Phi) is 62.0. The number of rotatable bonds is 82. The van der Waals surface area contributed by atoms with Crippen LogP contribution in [0.5, 0.6) is 46.0 Å². The number of aliphatic imine (C=N–C) groups is 2. The van der Waals surface area contributed by atoms with Crippen molar-refractivity contribution in [3.05, 3.63) is 144 Å². The Morgan fingerprint density at radius 3 is 0.643 bits per heavy atom. The Morgan fingerprint density at radius 2 is 0.437 bits per heavy atom. The van der Waals surface area contributed by atoms with Gasteiger partial charge in [-0.2, -0.15) is 0 Å². The Labute approximate surface area is 768 Å². The van der Waals surface area contributed by atoms with Gasteiger partial charge in [-0.15, -0.1) is 0 Å². The standard InChI is InChI=1S/C113H175N3O10/c1-8-14-20-26-32-38-44-50-56-62-84-119-106-90-98(91-107(120-85-63-57-51-45-39-33-27-21-15-9-2)110(106)123-88-66-60-54-48-42-36-30-24-18-12-5)112(117)125-104-80-72-100(73-81-104)114-94-96-68-76-102(77-69-96)116(7)103-78-70-97(71-79-103)95-115-101-74-82-105(83-75-101)126-113(118)99-92-108(121-86-64-58-52-46-40-34-28-22-16-10-3)111(124-89-67-61-55-49-43-37-31-25-19-13-6)109(93-99)122-87-65-59-53-47-41-35-29-23-17-11-4/h68-83,90-95H,8-67,84-89H2,1-7H3. The lowest BCUT2D eigenvalue weighted by Gasteiger charge is -2.19. The van der Waals surface area contributed by atoms with Crippen molar-refractivity contribution in [1.29, 1.82) is 0 Å². The molecule has 6 aromatic carbocycles. The number of benzene rings is 6. The third-order valence-electron chi connectivity index (χ3n) is 24.4. The lowest BCUT2D eigenvalue weighted by atomic mass is 10.1. The molecule has 0 saturated carbocycles. The number of esters is 2. The van der Waals surface area contributed by atoms with Crippen LogP contribution in [-0.2, 0) is 0 Å². The number of nitrogens with zero attached hydrogens (tertiary/aromatic N) is 3. The van der Waals surface area contributed by atoms with Crippen molar-refractivity contribution in [1.82, 2.24) is 0 Å². The molecule has 13 heteroatoms. The second-order valence-electron chi connectivity index (χ2n) is 35.8. The molecule has 6 aromatic rings. The van der Waals surface area contributed by atoms with E-state index in [-0.39, 0.29) is 0 Å². The minimum absolute atomic E-state index is 0.361. The van der Waals surface area contributed by atoms with Crippen LogP contribution in [0.1, 0.15) is 459 Å². The number of ether oxygens (including phenoxy) is 8. The molecule has 13 nitrogen and oxygen atoms in total. The Balaban J connectivity index is 1.06. The van der Waals surface area contributed by atoms with Crippen LogP contribution in [0, 0.1) is 0 Å². The molecule has 0 aliphatic carbocycles. The van der Waals surface area contributed by atoms with Gasteiger partial charge in [-0.05, 0) is 147 Å². The molecule has 126 heavy (non-hydrogen) atoms. The summed E-state index contributed by atoms with van der Waals surface area (Å²) >= 11 is 0. The maximum absolute atomic E-state index is 14.3. The van der Waals surface area contributed by atoms with Crippen LogP contribution in [0.15, 0.2) is 131 Å². The second-order valence-corrected chi connectivity index (χ2v) is 35.8. The van der Waals surface area contributed by atoms with Crippen molar-refractivity contribution in [2.24, 2.45) is 9.98 Å². The van der Waals surface area contributed by atoms with Gasteiger partial charge >= 0.3 is 11.9 Å². The summed E-state index contributed by atoms with van der Waals surface area (Å²) in [5, 5.41) is 0. The minimum atomic E-state index is -0.488. The average Bonchev–Trinajstić information content (AvgIpc) is 0.799. The second kappa shape index (κ2) is 73.0. The van der Waals surface area contributed by atoms with Gasteiger partial charge in [-0.1, -0.05) is 413 Å². The molecule has 0 atom stereocenters. The lowest BCUT2D eigenvalue weighted by Crippen LogP contribution is -2.12. The predicted octanol–water partition coefficient (Wildman–Crippen LogP) is 35.2. The molecule has 0 radical (unpaired) electrons. The van der Waals surface area contributed by atoms with E-state index in [1.54, 1.807) is 48.5 Å². The monoisotopic (exact) mass is 1730 g/mol. The number of carbonyl (C=O) groups is 2. The normalized spacial score (nSPS) is 11.5. The van der Waals surface area contributed by atoms with Gasteiger partial charge in [-0.3, -0.25) is 9.98 Å². The zero-order valence-electron chi connectivity index (χ0n) is 80.8. The SMILES string of the molecule is CCCCCCCCCCCCOc1cc(C(=O)Oc2ccc(N=Cc3ccc(N(C)c4ccc(C=Nc5ccc(OC(=O)c6cc(OCCCCCCCCCCCC)c(OCCCCCCCCCCCC)c(OCCCCCCCCCCCC)c6)cc5)cc4)cc3)cc2)cc(OCCCCCCCCCCCC)c1OCCCCCCCCCCCC. The van der Waals surface area contributed by atoms with E-state index in [0.717, 1.165) is 111 Å². The van der Waals surface area contributed by atoms with Crippen molar-refractivity contribution < 1.29 is 47.5 Å². The number of carbonyl (C=O) groups excluding carboxylic acids is 2. The Bertz CT molecular complexity index is 3370. The van der Waals surface area contributed by atoms with E-state index in [9.17, 15) is 9.59 Å². The van der Waals surface area contributed by atoms with Crippen LogP contribution in [0.4, 0.5) is 22.7 Å². The molecular formula is C113H175N3O10. The van der Waals surface area contributed by atoms with E-state index >= 15 is 0 Å². The quantitative estimate of drug-likeness (QED) is 0.0156. The van der Waals surface area contributed by atoms with E-state index in [4.69, 9.17) is 47.9 Å². The third kappa shape index (κ3) is 49.7. The molecule has 0 amide bonds. The van der Waals surface area contributed by atoms with Gasteiger partial charge in [0, 0.05) is 30.9 Å². The van der Waals surface area contributed by atoms with E-state index in [0.29, 0.717) is 96.8 Å². The summed E-state index contributed by atoms with van der Waals surface area (Å²) in [4.78, 5) is 40.3. The van der Waals surface area contributed by atoms with Crippen molar-refractivity contribution in [2.75, 3.05) is 51.6 Å². The first-order valence-electron chi connectivity index (χ1n) is 52.0. The molecule has 0 aliphatic heterocycles. The number of hydrogen-bond donors (Lipinski definition) is 0. The highest BCUT2D eigenvalue weighted by Crippen LogP contribution is 2.43. The van der Waals surface area contributed by atoms with E-state index in [1.807, 2.05) is 36.7 Å². The zero-order valence-corrected chi connectivity index (χ0v) is 80.8. The van der Waals surface area contributed by atoms with Crippen molar-refractivity contribution >= 4 is 47.1 Å². The first-order chi connectivity index (χ1) is 62.2. The van der Waals surface area contributed by atoms with E-state index in [2.05, 4.69) is 102 Å². The zero-order chi connectivity index (χ0) is 89.3. The summed E-state index contributed by atoms with van der Waals surface area (Å²) < 4.78 is 51.9. The summed E-state index contributed by atoms with van der Waals surface area (Å²) in [7, 11) is 2.06. The van der Waals surface area contributed by atoms with Gasteiger partial charge < -0.3 is 42.8 Å². The fraction of sp³-hybridized carbons (Fsp3) is 0.646. The predicted molar refractivity (Wildman–Crippen MR) is 535 cm³/mol. The summed E-state index contributed by atoms with van der Waals surface area (Å²) in [6, 6.07) is 38.4. The molecule has 0 N–H and O–H groups in total. The summed E-state index contributed by atoms with van der Waals surface area (Å²) in [5.74, 6) is 3.19. The van der Waals surface area contributed by atoms with Crippen LogP contribution >= 0.6 is 0 Å². The van der Waals surface area contributed by atoms with Crippen LogP contribution in [0.3, 0.4) is 0 Å². The number of anilines is 2. The maximum Gasteiger partial charge on any atom is 0.343 e. The van der Waals surface area contributed by atoms with Gasteiger partial charge in [0.15, 0.2) is 23.0 Å². The summed E-state index contributed by atoms with van der Waals surface area (Å²) in [6.07, 6.45) is 78.2. The van der Waals surface area contributed by atoms with E-state index < -0.39 is 11.9 Å². The summed E-state index contributed by atoms with van der Waals surface area (Å²) in [5.41, 5.74) is 6.12. The van der Waals surface area contributed by atoms with Gasteiger partial charge in [0.05, 0.1) is 62.1 Å². The highest BCUT2D eigenvalue weighted by Gasteiger charge is 2.24. The van der Waals surface area contributed by atoms with Gasteiger partial charge in [0.25, 0.3) is 0 Å². The highest BCUT2D eigenvalue weighted by atomic mass is 16.6. The first kappa shape index (κ1) is 107. The number of hydrogen-bond acceptors (Lipinski definition) is 13. The molecule has 0 aliphatic rings. The molecule has 0 fully saturated rings. The lowest BCUT2D eigenvalue weighted by molar-refractivity contribution is 0.0724. The first-order valence-corrected chi connectivity index (χ1v) is 52.0. The van der Waals surface area contributed by atoms with Crippen molar-refractivity contribution in [3.63, 3.8) is 0 Å². The molecular weight excluding hydrogens is 1560 g/mol. The van der Waals surface area contributed by atoms with Gasteiger partial charge in [0.1, 0.15) is 11.5 Å². The topological polar surface area (TPSA) is 136 Å². The largest absolute Gasteiger partial charge is 0.490 e. The maximum atomic E-state index is 14.3. The Hall–Kier alpha value is -7.80. The molecule has 0 spiro atoms.